The Bertz CT molecular complexity index is 878. The zero-order chi connectivity index (χ0) is 18.1. The topological polar surface area (TPSA) is 113 Å². The molecule has 4 rings (SSSR count). The molecule has 2 aromatic heterocycles. The molecule has 26 heavy (non-hydrogen) atoms. The monoisotopic (exact) mass is 356 g/mol. The minimum absolute atomic E-state index is 0.144. The highest BCUT2D eigenvalue weighted by molar-refractivity contribution is 5.91. The number of nitrogens with zero attached hydrogens (tertiary/aromatic N) is 4. The summed E-state index contributed by atoms with van der Waals surface area (Å²) >= 11 is 0. The molecule has 0 unspecified atom stereocenters. The average Bonchev–Trinajstić information content (AvgIpc) is 3.00. The van der Waals surface area contributed by atoms with E-state index >= 15 is 0 Å². The molecule has 1 fully saturated rings. The average molecular weight is 356 g/mol. The lowest BCUT2D eigenvalue weighted by atomic mass is 9.84. The Hall–Kier alpha value is -2.97. The maximum atomic E-state index is 12.4. The molecule has 1 aliphatic carbocycles. The van der Waals surface area contributed by atoms with Gasteiger partial charge in [0.2, 0.25) is 5.91 Å². The number of nitrogens with one attached hydrogen (secondary N) is 2. The Kier molecular flexibility index (Phi) is 4.27. The van der Waals surface area contributed by atoms with Crippen molar-refractivity contribution in [1.82, 2.24) is 30.0 Å². The first-order valence-corrected chi connectivity index (χ1v) is 8.77. The Morgan fingerprint density at radius 2 is 2.15 bits per heavy atom. The molecular formula is C17H20N6O3. The molecular weight excluding hydrogens is 336 g/mol. The molecule has 2 aliphatic rings. The van der Waals surface area contributed by atoms with Gasteiger partial charge in [-0.05, 0) is 18.9 Å². The van der Waals surface area contributed by atoms with Gasteiger partial charge in [-0.2, -0.15) is 5.10 Å². The summed E-state index contributed by atoms with van der Waals surface area (Å²) in [6.45, 7) is 2.17. The molecule has 2 amide bonds. The van der Waals surface area contributed by atoms with Crippen molar-refractivity contribution in [2.75, 3.05) is 6.54 Å². The van der Waals surface area contributed by atoms with Gasteiger partial charge in [-0.1, -0.05) is 6.42 Å². The maximum Gasteiger partial charge on any atom is 0.271 e. The van der Waals surface area contributed by atoms with E-state index in [-0.39, 0.29) is 35.5 Å². The van der Waals surface area contributed by atoms with Gasteiger partial charge in [-0.15, -0.1) is 0 Å². The summed E-state index contributed by atoms with van der Waals surface area (Å²) in [6, 6.07) is 1.92. The number of fused-ring (bicyclic) bond motifs is 1. The van der Waals surface area contributed by atoms with Crippen LogP contribution in [0.5, 0.6) is 0 Å². The largest absolute Gasteiger partial charge is 0.345 e. The van der Waals surface area contributed by atoms with E-state index in [1.165, 1.54) is 6.20 Å². The summed E-state index contributed by atoms with van der Waals surface area (Å²) in [5.74, 6) is 0.0738. The predicted octanol–water partition coefficient (Wildman–Crippen LogP) is 0.0387. The van der Waals surface area contributed by atoms with Crippen LogP contribution in [0.3, 0.4) is 0 Å². The molecule has 0 saturated heterocycles. The highest BCUT2D eigenvalue weighted by Gasteiger charge is 2.31. The van der Waals surface area contributed by atoms with Gasteiger partial charge >= 0.3 is 0 Å². The third-order valence-corrected chi connectivity index (χ3v) is 4.95. The summed E-state index contributed by atoms with van der Waals surface area (Å²) in [5.41, 5.74) is 1.50. The lowest BCUT2D eigenvalue weighted by Crippen LogP contribution is -2.43. The molecule has 9 heteroatoms. The molecule has 3 heterocycles. The fourth-order valence-electron chi connectivity index (χ4n) is 3.24. The van der Waals surface area contributed by atoms with Crippen LogP contribution in [-0.2, 0) is 24.4 Å². The van der Waals surface area contributed by atoms with Crippen LogP contribution in [0.4, 0.5) is 0 Å². The van der Waals surface area contributed by atoms with E-state index in [1.54, 1.807) is 0 Å². The summed E-state index contributed by atoms with van der Waals surface area (Å²) in [7, 11) is 0. The van der Waals surface area contributed by atoms with Gasteiger partial charge in [0, 0.05) is 18.7 Å². The van der Waals surface area contributed by atoms with Gasteiger partial charge in [-0.25, -0.2) is 4.98 Å². The van der Waals surface area contributed by atoms with Gasteiger partial charge < -0.3 is 15.2 Å². The number of H-pyrrole nitrogens is 1. The molecule has 0 spiro atoms. The smallest absolute Gasteiger partial charge is 0.271 e. The Morgan fingerprint density at radius 3 is 2.85 bits per heavy atom. The fourth-order valence-corrected chi connectivity index (χ4v) is 3.24. The zero-order valence-electron chi connectivity index (χ0n) is 14.3. The van der Waals surface area contributed by atoms with E-state index in [9.17, 15) is 14.4 Å². The van der Waals surface area contributed by atoms with Crippen LogP contribution in [-0.4, -0.2) is 43.0 Å². The van der Waals surface area contributed by atoms with Gasteiger partial charge in [0.25, 0.3) is 11.5 Å². The van der Waals surface area contributed by atoms with Crippen molar-refractivity contribution in [3.8, 4) is 0 Å². The lowest BCUT2D eigenvalue weighted by molar-refractivity contribution is -0.139. The summed E-state index contributed by atoms with van der Waals surface area (Å²) < 4.78 is 1.89. The van der Waals surface area contributed by atoms with Gasteiger partial charge in [0.05, 0.1) is 37.2 Å². The summed E-state index contributed by atoms with van der Waals surface area (Å²) in [5, 5.41) is 7.22. The SMILES string of the molecule is O=C(NCc1cc2n(n1)CCN(C(=O)C1CCC1)C2)c1c[nH]c(=O)cn1. The van der Waals surface area contributed by atoms with E-state index in [0.717, 1.165) is 36.8 Å². The third kappa shape index (κ3) is 3.24. The fraction of sp³-hybridized carbons (Fsp3) is 0.471. The van der Waals surface area contributed by atoms with Crippen molar-refractivity contribution in [3.63, 3.8) is 0 Å². The van der Waals surface area contributed by atoms with Gasteiger partial charge in [-0.3, -0.25) is 19.1 Å². The van der Waals surface area contributed by atoms with Crippen molar-refractivity contribution in [1.29, 1.82) is 0 Å². The third-order valence-electron chi connectivity index (χ3n) is 4.95. The number of hydrogen-bond donors (Lipinski definition) is 2. The predicted molar refractivity (Wildman–Crippen MR) is 91.0 cm³/mol. The lowest BCUT2D eigenvalue weighted by Gasteiger charge is -2.34. The van der Waals surface area contributed by atoms with Crippen LogP contribution < -0.4 is 10.9 Å². The van der Waals surface area contributed by atoms with E-state index in [0.29, 0.717) is 19.6 Å². The Labute approximate surface area is 149 Å². The van der Waals surface area contributed by atoms with E-state index in [2.05, 4.69) is 20.4 Å². The second-order valence-electron chi connectivity index (χ2n) is 6.72. The highest BCUT2D eigenvalue weighted by Crippen LogP contribution is 2.29. The Balaban J connectivity index is 1.37. The van der Waals surface area contributed by atoms with Crippen LogP contribution >= 0.6 is 0 Å². The van der Waals surface area contributed by atoms with E-state index in [4.69, 9.17) is 0 Å². The minimum Gasteiger partial charge on any atom is -0.345 e. The number of rotatable bonds is 4. The summed E-state index contributed by atoms with van der Waals surface area (Å²) in [6.07, 6.45) is 5.50. The van der Waals surface area contributed by atoms with Gasteiger partial charge in [0.1, 0.15) is 5.69 Å². The first-order valence-electron chi connectivity index (χ1n) is 8.77. The molecule has 0 bridgehead atoms. The molecule has 1 saturated carbocycles. The molecule has 2 N–H and O–H groups in total. The quantitative estimate of drug-likeness (QED) is 0.803. The van der Waals surface area contributed by atoms with E-state index < -0.39 is 0 Å². The molecule has 0 atom stereocenters. The van der Waals surface area contributed by atoms with Crippen molar-refractivity contribution in [2.24, 2.45) is 5.92 Å². The second-order valence-corrected chi connectivity index (χ2v) is 6.72. The molecule has 9 nitrogen and oxygen atoms in total. The first-order chi connectivity index (χ1) is 12.6. The minimum atomic E-state index is -0.381. The van der Waals surface area contributed by atoms with Crippen LogP contribution in [0.15, 0.2) is 23.3 Å². The normalized spacial score (nSPS) is 16.7. The number of amides is 2. The number of aromatic amines is 1. The Morgan fingerprint density at radius 1 is 1.31 bits per heavy atom. The van der Waals surface area contributed by atoms with Crippen molar-refractivity contribution < 1.29 is 9.59 Å². The molecule has 0 radical (unpaired) electrons. The molecule has 136 valence electrons. The van der Waals surface area contributed by atoms with Crippen LogP contribution in [0, 0.1) is 5.92 Å². The molecule has 0 aromatic carbocycles. The van der Waals surface area contributed by atoms with Crippen LogP contribution in [0.1, 0.15) is 41.1 Å². The molecule has 2 aromatic rings. The number of carbonyl (C=O) groups excluding carboxylic acids is 2. The molecule has 1 aliphatic heterocycles. The maximum absolute atomic E-state index is 12.4. The number of hydrogen-bond acceptors (Lipinski definition) is 5. The number of carbonyl (C=O) groups is 2. The standard InChI is InChI=1S/C17H20N6O3/c24-15-9-18-14(8-19-15)16(25)20-7-12-6-13-10-22(4-5-23(13)21-12)17(26)11-2-1-3-11/h6,8-9,11H,1-5,7,10H2,(H,19,24)(H,20,25). The van der Waals surface area contributed by atoms with Crippen molar-refractivity contribution in [3.05, 3.63) is 45.9 Å². The highest BCUT2D eigenvalue weighted by atomic mass is 16.2. The second kappa shape index (κ2) is 6.74. The van der Waals surface area contributed by atoms with Crippen LogP contribution in [0.2, 0.25) is 0 Å². The number of aromatic nitrogens is 4. The van der Waals surface area contributed by atoms with E-state index in [1.807, 2.05) is 15.6 Å². The summed E-state index contributed by atoms with van der Waals surface area (Å²) in [4.78, 5) is 43.5. The van der Waals surface area contributed by atoms with Gasteiger partial charge in [0.15, 0.2) is 0 Å². The van der Waals surface area contributed by atoms with Crippen molar-refractivity contribution >= 4 is 11.8 Å². The first kappa shape index (κ1) is 16.5. The van der Waals surface area contributed by atoms with Crippen molar-refractivity contribution in [2.45, 2.75) is 38.9 Å². The van der Waals surface area contributed by atoms with Crippen LogP contribution in [0.25, 0.3) is 0 Å². The zero-order valence-corrected chi connectivity index (χ0v) is 14.3.